The van der Waals surface area contributed by atoms with Crippen molar-refractivity contribution in [2.24, 2.45) is 0 Å². The van der Waals surface area contributed by atoms with Gasteiger partial charge in [-0.2, -0.15) is 21.6 Å². The Morgan fingerprint density at radius 1 is 0.712 bits per heavy atom. The van der Waals surface area contributed by atoms with Crippen molar-refractivity contribution in [3.63, 3.8) is 0 Å². The maximum atomic E-state index is 12.8. The summed E-state index contributed by atoms with van der Waals surface area (Å²) in [5.74, 6) is -2.03. The van der Waals surface area contributed by atoms with Crippen LogP contribution in [0.5, 0.6) is 28.7 Å². The predicted molar refractivity (Wildman–Crippen MR) is 202 cm³/mol. The third kappa shape index (κ3) is 14.6. The number of benzene rings is 4. The highest BCUT2D eigenvalue weighted by Crippen LogP contribution is 2.31. The molecule has 3 unspecified atom stereocenters. The molecule has 0 spiro atoms. The topological polar surface area (TPSA) is 132 Å². The largest absolute Gasteiger partial charge is 0.573 e. The maximum Gasteiger partial charge on any atom is 0.573 e. The number of rotatable bonds is 15. The van der Waals surface area contributed by atoms with Crippen molar-refractivity contribution in [2.75, 3.05) is 26.2 Å². The summed E-state index contributed by atoms with van der Waals surface area (Å²) in [5, 5.41) is 5.62. The molecule has 4 aromatic rings. The van der Waals surface area contributed by atoms with E-state index >= 15 is 0 Å². The lowest BCUT2D eigenvalue weighted by Crippen LogP contribution is -2.46. The normalized spacial score (nSPS) is 14.8. The van der Waals surface area contributed by atoms with Crippen LogP contribution < -0.4 is 29.0 Å². The number of ether oxygens (including phenoxy) is 3. The Morgan fingerprint density at radius 2 is 1.24 bits per heavy atom. The molecule has 19 heteroatoms. The summed E-state index contributed by atoms with van der Waals surface area (Å²) in [5.41, 5.74) is -4.55. The summed E-state index contributed by atoms with van der Waals surface area (Å²) in [4.78, 5) is 27.1. The lowest BCUT2D eigenvalue weighted by Gasteiger charge is -2.26. The third-order valence-corrected chi connectivity index (χ3v) is 9.77. The summed E-state index contributed by atoms with van der Waals surface area (Å²) in [6, 6.07) is 22.4. The first-order chi connectivity index (χ1) is 27.7. The highest BCUT2D eigenvalue weighted by Gasteiger charge is 2.48. The van der Waals surface area contributed by atoms with Gasteiger partial charge >= 0.3 is 22.0 Å². The molecule has 59 heavy (non-hydrogen) atoms. The van der Waals surface area contributed by atoms with E-state index in [1.165, 1.54) is 61.5 Å². The lowest BCUT2D eigenvalue weighted by molar-refractivity contribution is -0.274. The van der Waals surface area contributed by atoms with Crippen LogP contribution in [-0.2, 0) is 19.7 Å². The molecule has 2 N–H and O–H groups in total. The molecule has 11 nitrogen and oxygen atoms in total. The van der Waals surface area contributed by atoms with Crippen LogP contribution in [0.15, 0.2) is 97.1 Å². The van der Waals surface area contributed by atoms with Gasteiger partial charge in [-0.1, -0.05) is 30.3 Å². The smallest absolute Gasteiger partial charge is 0.492 e. The second-order valence-corrected chi connectivity index (χ2v) is 14.8. The SMILES string of the molecule is CC(C(=O)NC(C)N1CCCC1)c1cccc(Oc2cccc(OC(F)(F)F)c2)c1.CC(C(=O)NCCOc1ccc(F)cc1)c1cccc(OS(=O)(=O)C(F)(F)F)c1. The summed E-state index contributed by atoms with van der Waals surface area (Å²) < 4.78 is 128. The Balaban J connectivity index is 0.000000261. The van der Waals surface area contributed by atoms with Gasteiger partial charge in [0.1, 0.15) is 41.2 Å². The van der Waals surface area contributed by atoms with Gasteiger partial charge in [0.2, 0.25) is 11.8 Å². The zero-order chi connectivity index (χ0) is 43.4. The van der Waals surface area contributed by atoms with E-state index in [9.17, 15) is 48.7 Å². The Bertz CT molecular complexity index is 2110. The lowest BCUT2D eigenvalue weighted by atomic mass is 10.00. The molecule has 0 radical (unpaired) electrons. The molecule has 1 saturated heterocycles. The van der Waals surface area contributed by atoms with E-state index in [4.69, 9.17) is 9.47 Å². The minimum Gasteiger partial charge on any atom is -0.492 e. The van der Waals surface area contributed by atoms with Gasteiger partial charge in [-0.15, -0.1) is 13.2 Å². The number of amides is 2. The first-order valence-electron chi connectivity index (χ1n) is 18.2. The molecule has 0 aromatic heterocycles. The summed E-state index contributed by atoms with van der Waals surface area (Å²) >= 11 is 0. The molecule has 0 aliphatic carbocycles. The maximum absolute atomic E-state index is 12.8. The van der Waals surface area contributed by atoms with Crippen molar-refractivity contribution >= 4 is 21.9 Å². The third-order valence-electron chi connectivity index (χ3n) is 8.79. The fraction of sp³-hybridized carbons (Fsp3) is 0.350. The second kappa shape index (κ2) is 20.4. The van der Waals surface area contributed by atoms with Gasteiger partial charge in [0.25, 0.3) is 0 Å². The molecule has 0 saturated carbocycles. The van der Waals surface area contributed by atoms with E-state index in [0.29, 0.717) is 11.5 Å². The quantitative estimate of drug-likeness (QED) is 0.0524. The average Bonchev–Trinajstić information content (AvgIpc) is 3.72. The zero-order valence-corrected chi connectivity index (χ0v) is 32.8. The summed E-state index contributed by atoms with van der Waals surface area (Å²) in [7, 11) is -5.80. The van der Waals surface area contributed by atoms with Gasteiger partial charge in [0, 0.05) is 19.2 Å². The standard InChI is InChI=1S/C22H25F3N2O3.C18H17F4NO5S/c1-15(21(28)26-16(2)27-11-3-4-12-27)17-7-5-8-18(13-17)29-19-9-6-10-20(14-19)30-22(23,24)25;1-12(17(24)23-9-10-27-15-7-5-14(19)6-8-15)13-3-2-4-16(11-13)28-29(25,26)18(20,21)22/h5-10,13-16H,3-4,11-12H2,1-2H3,(H,26,28);2-8,11-12H,9-10H2,1H3,(H,23,24). The number of nitrogens with zero attached hydrogens (tertiary/aromatic N) is 1. The van der Waals surface area contributed by atoms with Gasteiger partial charge in [-0.25, -0.2) is 4.39 Å². The zero-order valence-electron chi connectivity index (χ0n) is 32.0. The van der Waals surface area contributed by atoms with E-state index < -0.39 is 51.3 Å². The number of alkyl halides is 6. The molecule has 2 amide bonds. The Morgan fingerprint density at radius 3 is 1.83 bits per heavy atom. The van der Waals surface area contributed by atoms with Crippen molar-refractivity contribution in [2.45, 2.75) is 63.5 Å². The Labute approximate surface area is 336 Å². The van der Waals surface area contributed by atoms with Crippen molar-refractivity contribution in [3.05, 3.63) is 114 Å². The van der Waals surface area contributed by atoms with Gasteiger partial charge in [0.05, 0.1) is 24.5 Å². The van der Waals surface area contributed by atoms with Crippen molar-refractivity contribution < 1.29 is 67.1 Å². The summed E-state index contributed by atoms with van der Waals surface area (Å²) in [6.07, 6.45) is -2.51. The molecule has 3 atom stereocenters. The number of hydrogen-bond acceptors (Lipinski definition) is 9. The van der Waals surface area contributed by atoms with Crippen molar-refractivity contribution in [1.29, 1.82) is 0 Å². The van der Waals surface area contributed by atoms with E-state index in [2.05, 4.69) is 24.5 Å². The first-order valence-corrected chi connectivity index (χ1v) is 19.6. The van der Waals surface area contributed by atoms with Crippen LogP contribution in [0.2, 0.25) is 0 Å². The average molecular weight is 858 g/mol. The van der Waals surface area contributed by atoms with Gasteiger partial charge in [-0.3, -0.25) is 14.5 Å². The monoisotopic (exact) mass is 857 g/mol. The number of nitrogens with one attached hydrogen (secondary N) is 2. The minimum atomic E-state index is -5.80. The molecule has 5 rings (SSSR count). The number of halogens is 7. The predicted octanol–water partition coefficient (Wildman–Crippen LogP) is 8.39. The molecule has 1 heterocycles. The van der Waals surface area contributed by atoms with Gasteiger partial charge in [0.15, 0.2) is 0 Å². The number of likely N-dealkylation sites (tertiary alicyclic amines) is 1. The first kappa shape index (κ1) is 46.1. The molecule has 320 valence electrons. The number of hydrogen-bond donors (Lipinski definition) is 2. The van der Waals surface area contributed by atoms with Gasteiger partial charge in [-0.05, 0) is 105 Å². The fourth-order valence-electron chi connectivity index (χ4n) is 5.61. The second-order valence-electron chi connectivity index (χ2n) is 13.2. The molecule has 1 aliphatic heterocycles. The molecule has 1 fully saturated rings. The molecule has 4 aromatic carbocycles. The molecular formula is C40H42F7N3O8S. The molecular weight excluding hydrogens is 816 g/mol. The van der Waals surface area contributed by atoms with Crippen molar-refractivity contribution in [3.8, 4) is 28.7 Å². The highest BCUT2D eigenvalue weighted by molar-refractivity contribution is 7.88. The minimum absolute atomic E-state index is 0.0294. The number of carbonyl (C=O) groups is 2. The van der Waals surface area contributed by atoms with E-state index in [0.717, 1.165) is 49.7 Å². The van der Waals surface area contributed by atoms with Crippen LogP contribution in [0, 0.1) is 5.82 Å². The highest BCUT2D eigenvalue weighted by atomic mass is 32.2. The van der Waals surface area contributed by atoms with Crippen LogP contribution in [0.25, 0.3) is 0 Å². The fourth-order valence-corrected chi connectivity index (χ4v) is 6.06. The van der Waals surface area contributed by atoms with Crippen LogP contribution >= 0.6 is 0 Å². The molecule has 1 aliphatic rings. The Kier molecular flexibility index (Phi) is 16.0. The van der Waals surface area contributed by atoms with Crippen LogP contribution in [0.1, 0.15) is 56.6 Å². The van der Waals surface area contributed by atoms with Crippen LogP contribution in [0.3, 0.4) is 0 Å². The van der Waals surface area contributed by atoms with E-state index in [1.807, 2.05) is 19.9 Å². The molecule has 0 bridgehead atoms. The van der Waals surface area contributed by atoms with E-state index in [-0.39, 0.29) is 42.3 Å². The van der Waals surface area contributed by atoms with Gasteiger partial charge < -0.3 is 29.0 Å². The van der Waals surface area contributed by atoms with Crippen molar-refractivity contribution in [1.82, 2.24) is 15.5 Å². The van der Waals surface area contributed by atoms with E-state index in [1.54, 1.807) is 18.2 Å². The van der Waals surface area contributed by atoms with Crippen LogP contribution in [-0.4, -0.2) is 69.4 Å². The Hall–Kier alpha value is -5.56. The van der Waals surface area contributed by atoms with Crippen LogP contribution in [0.4, 0.5) is 30.7 Å². The number of carbonyl (C=O) groups excluding carboxylic acids is 2. The summed E-state index contributed by atoms with van der Waals surface area (Å²) in [6.45, 7) is 7.48.